The second kappa shape index (κ2) is 7.26. The van der Waals surface area contributed by atoms with Gasteiger partial charge in [0.2, 0.25) is 0 Å². The third-order valence-electron chi connectivity index (χ3n) is 7.74. The molecule has 4 fully saturated rings. The number of H-pyrrole nitrogens is 1. The molecule has 0 spiro atoms. The molecule has 3 heterocycles. The van der Waals surface area contributed by atoms with Crippen LogP contribution in [0.3, 0.4) is 0 Å². The lowest BCUT2D eigenvalue weighted by molar-refractivity contribution is -0.148. The van der Waals surface area contributed by atoms with Crippen molar-refractivity contribution in [3.8, 4) is 0 Å². The van der Waals surface area contributed by atoms with Gasteiger partial charge in [0, 0.05) is 24.3 Å². The summed E-state index contributed by atoms with van der Waals surface area (Å²) in [5, 5.41) is 30.5. The number of hydrogen-bond donors (Lipinski definition) is 5. The van der Waals surface area contributed by atoms with Gasteiger partial charge in [0.25, 0.3) is 0 Å². The molecule has 0 aliphatic heterocycles. The summed E-state index contributed by atoms with van der Waals surface area (Å²) in [6.07, 6.45) is 7.31. The number of rotatable bonds is 4. The van der Waals surface area contributed by atoms with Gasteiger partial charge in [-0.15, -0.1) is 0 Å². The first-order valence-electron chi connectivity index (χ1n) is 11.6. The highest BCUT2D eigenvalue weighted by Gasteiger charge is 2.55. The maximum absolute atomic E-state index is 12.6. The van der Waals surface area contributed by atoms with E-state index in [-0.39, 0.29) is 12.6 Å². The molecule has 5 N–H and O–H groups in total. The summed E-state index contributed by atoms with van der Waals surface area (Å²) in [4.78, 5) is 33.5. The van der Waals surface area contributed by atoms with Gasteiger partial charge >= 0.3 is 11.8 Å². The number of pyridine rings is 1. The Morgan fingerprint density at radius 2 is 1.97 bits per heavy atom. The minimum absolute atomic E-state index is 0.00536. The van der Waals surface area contributed by atoms with E-state index < -0.39 is 23.5 Å². The highest BCUT2D eigenvalue weighted by Crippen LogP contribution is 2.60. The number of carbonyl (C=O) groups is 2. The zero-order valence-corrected chi connectivity index (χ0v) is 18.4. The summed E-state index contributed by atoms with van der Waals surface area (Å²) < 4.78 is 2.13. The van der Waals surface area contributed by atoms with Crippen molar-refractivity contribution in [2.24, 2.45) is 17.8 Å². The lowest BCUT2D eigenvalue weighted by Gasteiger charge is -2.58. The number of amides is 2. The maximum Gasteiger partial charge on any atom is 0.314 e. The van der Waals surface area contributed by atoms with Crippen molar-refractivity contribution in [2.45, 2.75) is 56.8 Å². The van der Waals surface area contributed by atoms with Gasteiger partial charge in [0.15, 0.2) is 5.65 Å². The molecular formula is C23H28N6O4. The normalized spacial score (nSPS) is 31.2. The number of nitrogens with zero attached hydrogens (tertiary/aromatic N) is 3. The van der Waals surface area contributed by atoms with Crippen LogP contribution in [0.15, 0.2) is 18.5 Å². The number of aromatic nitrogens is 4. The fourth-order valence-corrected chi connectivity index (χ4v) is 6.81. The monoisotopic (exact) mass is 452 g/mol. The number of aliphatic hydroxyl groups is 2. The largest absolute Gasteiger partial charge is 0.392 e. The van der Waals surface area contributed by atoms with Gasteiger partial charge in [-0.1, -0.05) is 0 Å². The van der Waals surface area contributed by atoms with Crippen molar-refractivity contribution in [2.75, 3.05) is 11.9 Å². The summed E-state index contributed by atoms with van der Waals surface area (Å²) in [5.41, 5.74) is 0.986. The van der Waals surface area contributed by atoms with E-state index in [0.717, 1.165) is 43.0 Å². The van der Waals surface area contributed by atoms with E-state index in [4.69, 9.17) is 0 Å². The Morgan fingerprint density at radius 1 is 1.21 bits per heavy atom. The van der Waals surface area contributed by atoms with Crippen molar-refractivity contribution in [1.82, 2.24) is 25.1 Å². The molecule has 4 unspecified atom stereocenters. The lowest BCUT2D eigenvalue weighted by atomic mass is 9.52. The predicted octanol–water partition coefficient (Wildman–Crippen LogP) is 1.46. The summed E-state index contributed by atoms with van der Waals surface area (Å²) in [5.74, 6) is 0.0429. The van der Waals surface area contributed by atoms with Crippen LogP contribution in [0.4, 0.5) is 5.82 Å². The van der Waals surface area contributed by atoms with E-state index in [1.54, 1.807) is 12.4 Å². The van der Waals surface area contributed by atoms with Crippen LogP contribution in [0.2, 0.25) is 0 Å². The van der Waals surface area contributed by atoms with Gasteiger partial charge < -0.3 is 20.8 Å². The minimum atomic E-state index is -0.814. The van der Waals surface area contributed by atoms with E-state index in [0.29, 0.717) is 34.6 Å². The smallest absolute Gasteiger partial charge is 0.314 e. The molecule has 7 rings (SSSR count). The third kappa shape index (κ3) is 3.31. The van der Waals surface area contributed by atoms with E-state index in [1.165, 1.54) is 6.92 Å². The summed E-state index contributed by atoms with van der Waals surface area (Å²) >= 11 is 0. The number of anilines is 1. The lowest BCUT2D eigenvalue weighted by Crippen LogP contribution is -2.55. The van der Waals surface area contributed by atoms with Crippen LogP contribution in [0.1, 0.15) is 45.1 Å². The fraction of sp³-hybridized carbons (Fsp3) is 0.565. The molecule has 4 aliphatic rings. The Hall–Kier alpha value is -2.98. The summed E-state index contributed by atoms with van der Waals surface area (Å²) in [6, 6.07) is 2.08. The molecule has 4 aliphatic carbocycles. The molecule has 3 aromatic rings. The van der Waals surface area contributed by atoms with Crippen LogP contribution >= 0.6 is 0 Å². The molecule has 2 amide bonds. The summed E-state index contributed by atoms with van der Waals surface area (Å²) in [7, 11) is 0. The first-order valence-corrected chi connectivity index (χ1v) is 11.6. The molecule has 33 heavy (non-hydrogen) atoms. The van der Waals surface area contributed by atoms with Gasteiger partial charge in [0.1, 0.15) is 5.82 Å². The van der Waals surface area contributed by atoms with Crippen LogP contribution < -0.4 is 10.6 Å². The van der Waals surface area contributed by atoms with Crippen LogP contribution in [0.5, 0.6) is 0 Å². The molecule has 6 atom stereocenters. The predicted molar refractivity (Wildman–Crippen MR) is 120 cm³/mol. The number of aliphatic hydroxyl groups excluding tert-OH is 1. The molecule has 174 valence electrons. The van der Waals surface area contributed by atoms with Crippen molar-refractivity contribution in [3.05, 3.63) is 18.5 Å². The quantitative estimate of drug-likeness (QED) is 0.379. The Kier molecular flexibility index (Phi) is 4.54. The maximum atomic E-state index is 12.6. The Balaban J connectivity index is 1.41. The molecule has 0 radical (unpaired) electrons. The van der Waals surface area contributed by atoms with Crippen LogP contribution in [-0.2, 0) is 9.59 Å². The minimum Gasteiger partial charge on any atom is -0.392 e. The van der Waals surface area contributed by atoms with Gasteiger partial charge in [-0.3, -0.25) is 19.4 Å². The number of carbonyl (C=O) groups excluding carboxylic acids is 2. The van der Waals surface area contributed by atoms with Crippen LogP contribution in [0, 0.1) is 17.8 Å². The first-order chi connectivity index (χ1) is 15.8. The van der Waals surface area contributed by atoms with E-state index in [9.17, 15) is 19.8 Å². The number of hydrogen-bond acceptors (Lipinski definition) is 6. The second-order valence-electron chi connectivity index (χ2n) is 10.3. The average molecular weight is 453 g/mol. The number of nitrogens with one attached hydrogen (secondary N) is 3. The van der Waals surface area contributed by atoms with Gasteiger partial charge in [-0.05, 0) is 62.8 Å². The SMILES string of the molecule is CC(O)CNC(=O)C(=O)Nc1[nH]n(C2[C@@H]3CC4C[C@H]2CC(O)(C4)C3)c2c1cnc1nccc12. The van der Waals surface area contributed by atoms with Crippen molar-refractivity contribution < 1.29 is 19.8 Å². The van der Waals surface area contributed by atoms with Crippen molar-refractivity contribution in [1.29, 1.82) is 0 Å². The third-order valence-corrected chi connectivity index (χ3v) is 7.74. The Labute approximate surface area is 189 Å². The highest BCUT2D eigenvalue weighted by atomic mass is 16.3. The van der Waals surface area contributed by atoms with Crippen LogP contribution in [0.25, 0.3) is 21.9 Å². The Morgan fingerprint density at radius 3 is 2.67 bits per heavy atom. The van der Waals surface area contributed by atoms with Gasteiger partial charge in [-0.25, -0.2) is 9.97 Å². The topological polar surface area (TPSA) is 145 Å². The standard InChI is InChI=1S/C23H28N6O4/c1-11(30)9-26-21(31)22(32)27-20-16-10-25-19-15(2-3-24-19)18(16)29(28-20)17-13-4-12-5-14(17)8-23(33,6-12)7-13/h2-3,10-14,17,28,30,33H,4-9H2,1H3,(H,26,31)(H,27,32)/t11?,12?,13-,14+,17?,23?. The van der Waals surface area contributed by atoms with Crippen LogP contribution in [-0.4, -0.2) is 60.0 Å². The first kappa shape index (κ1) is 20.6. The molecular weight excluding hydrogens is 424 g/mol. The molecule has 4 bridgehead atoms. The van der Waals surface area contributed by atoms with E-state index >= 15 is 0 Å². The molecule has 3 aromatic heterocycles. The van der Waals surface area contributed by atoms with E-state index in [1.807, 2.05) is 6.07 Å². The average Bonchev–Trinajstić information content (AvgIpc) is 3.35. The zero-order valence-electron chi connectivity index (χ0n) is 18.4. The molecule has 10 nitrogen and oxygen atoms in total. The van der Waals surface area contributed by atoms with Crippen molar-refractivity contribution in [3.63, 3.8) is 0 Å². The molecule has 0 saturated heterocycles. The molecule has 4 saturated carbocycles. The highest BCUT2D eigenvalue weighted by molar-refractivity contribution is 6.40. The zero-order chi connectivity index (χ0) is 22.9. The Bertz CT molecular complexity index is 1250. The van der Waals surface area contributed by atoms with Gasteiger partial charge in [0.05, 0.1) is 28.6 Å². The second-order valence-corrected chi connectivity index (χ2v) is 10.3. The number of aromatic amines is 1. The van der Waals surface area contributed by atoms with Crippen molar-refractivity contribution >= 4 is 39.6 Å². The fourth-order valence-electron chi connectivity index (χ4n) is 6.81. The summed E-state index contributed by atoms with van der Waals surface area (Å²) in [6.45, 7) is 1.53. The van der Waals surface area contributed by atoms with Gasteiger partial charge in [-0.2, -0.15) is 0 Å². The molecule has 10 heteroatoms. The van der Waals surface area contributed by atoms with E-state index in [2.05, 4.69) is 30.4 Å². The molecule has 0 aromatic carbocycles. The number of fused-ring (bicyclic) bond motifs is 3.